The van der Waals surface area contributed by atoms with Gasteiger partial charge in [-0.2, -0.15) is 0 Å². The van der Waals surface area contributed by atoms with Crippen molar-refractivity contribution >= 4 is 11.3 Å². The molecule has 2 atom stereocenters. The number of rotatable bonds is 3. The van der Waals surface area contributed by atoms with Crippen molar-refractivity contribution in [1.29, 1.82) is 0 Å². The van der Waals surface area contributed by atoms with Gasteiger partial charge in [-0.1, -0.05) is 6.07 Å². The average Bonchev–Trinajstić information content (AvgIpc) is 2.88. The molecule has 3 heteroatoms. The van der Waals surface area contributed by atoms with Crippen LogP contribution in [0.5, 0.6) is 0 Å². The molecule has 0 spiro atoms. The molecule has 0 bridgehead atoms. The van der Waals surface area contributed by atoms with Crippen molar-refractivity contribution in [3.05, 3.63) is 22.4 Å². The third-order valence-electron chi connectivity index (χ3n) is 3.08. The SMILES string of the molecule is CC(c1cccs1)N1CCC(CO)C1. The Labute approximate surface area is 89.2 Å². The van der Waals surface area contributed by atoms with Crippen molar-refractivity contribution in [1.82, 2.24) is 4.90 Å². The quantitative estimate of drug-likeness (QED) is 0.828. The molecule has 1 aromatic heterocycles. The highest BCUT2D eigenvalue weighted by atomic mass is 32.1. The predicted octanol–water partition coefficient (Wildman–Crippen LogP) is 2.12. The van der Waals surface area contributed by atoms with Gasteiger partial charge in [-0.3, -0.25) is 4.90 Å². The van der Waals surface area contributed by atoms with Gasteiger partial charge in [0.05, 0.1) is 0 Å². The Bertz CT molecular complexity index is 273. The van der Waals surface area contributed by atoms with Gasteiger partial charge in [-0.25, -0.2) is 0 Å². The summed E-state index contributed by atoms with van der Waals surface area (Å²) in [5.41, 5.74) is 0. The van der Waals surface area contributed by atoms with Crippen LogP contribution in [-0.4, -0.2) is 29.7 Å². The molecule has 0 aromatic carbocycles. The first-order valence-corrected chi connectivity index (χ1v) is 6.07. The molecule has 1 aromatic rings. The number of likely N-dealkylation sites (tertiary alicyclic amines) is 1. The maximum Gasteiger partial charge on any atom is 0.0471 e. The van der Waals surface area contributed by atoms with Crippen molar-refractivity contribution in [2.24, 2.45) is 5.92 Å². The highest BCUT2D eigenvalue weighted by molar-refractivity contribution is 7.10. The lowest BCUT2D eigenvalue weighted by Gasteiger charge is -2.23. The Morgan fingerprint density at radius 3 is 3.14 bits per heavy atom. The first-order chi connectivity index (χ1) is 6.81. The van der Waals surface area contributed by atoms with Gasteiger partial charge in [0.25, 0.3) is 0 Å². The fourth-order valence-corrected chi connectivity index (χ4v) is 2.89. The summed E-state index contributed by atoms with van der Waals surface area (Å²) in [6.45, 7) is 4.78. The van der Waals surface area contributed by atoms with E-state index in [0.717, 1.165) is 19.5 Å². The predicted molar refractivity (Wildman–Crippen MR) is 59.5 cm³/mol. The van der Waals surface area contributed by atoms with Gasteiger partial charge in [0, 0.05) is 24.1 Å². The highest BCUT2D eigenvalue weighted by Crippen LogP contribution is 2.29. The summed E-state index contributed by atoms with van der Waals surface area (Å²) in [7, 11) is 0. The fourth-order valence-electron chi connectivity index (χ4n) is 2.07. The molecular weight excluding hydrogens is 194 g/mol. The lowest BCUT2D eigenvalue weighted by molar-refractivity contribution is 0.206. The lowest BCUT2D eigenvalue weighted by Crippen LogP contribution is -2.24. The first-order valence-electron chi connectivity index (χ1n) is 5.19. The van der Waals surface area contributed by atoms with E-state index in [4.69, 9.17) is 5.11 Å². The zero-order chi connectivity index (χ0) is 9.97. The molecule has 1 N–H and O–H groups in total. The van der Waals surface area contributed by atoms with Crippen LogP contribution in [-0.2, 0) is 0 Å². The van der Waals surface area contributed by atoms with Gasteiger partial charge in [-0.05, 0) is 37.3 Å². The number of nitrogens with zero attached hydrogens (tertiary/aromatic N) is 1. The van der Waals surface area contributed by atoms with Crippen LogP contribution in [0.3, 0.4) is 0 Å². The van der Waals surface area contributed by atoms with Crippen LogP contribution in [0.25, 0.3) is 0 Å². The second-order valence-electron chi connectivity index (χ2n) is 4.02. The molecule has 78 valence electrons. The third-order valence-corrected chi connectivity index (χ3v) is 4.12. The smallest absolute Gasteiger partial charge is 0.0471 e. The molecule has 2 heterocycles. The monoisotopic (exact) mass is 211 g/mol. The molecule has 1 saturated heterocycles. The van der Waals surface area contributed by atoms with E-state index in [9.17, 15) is 0 Å². The number of aliphatic hydroxyl groups excluding tert-OH is 1. The average molecular weight is 211 g/mol. The molecular formula is C11H17NOS. The van der Waals surface area contributed by atoms with E-state index < -0.39 is 0 Å². The molecule has 0 aliphatic carbocycles. The Kier molecular flexibility index (Phi) is 3.21. The minimum atomic E-state index is 0.341. The molecule has 1 aliphatic heterocycles. The van der Waals surface area contributed by atoms with Crippen LogP contribution in [0.1, 0.15) is 24.3 Å². The molecule has 14 heavy (non-hydrogen) atoms. The van der Waals surface area contributed by atoms with Crippen LogP contribution >= 0.6 is 11.3 Å². The Morgan fingerprint density at radius 2 is 2.57 bits per heavy atom. The van der Waals surface area contributed by atoms with E-state index in [1.165, 1.54) is 4.88 Å². The van der Waals surface area contributed by atoms with Gasteiger partial charge >= 0.3 is 0 Å². The minimum absolute atomic E-state index is 0.341. The second kappa shape index (κ2) is 4.43. The van der Waals surface area contributed by atoms with Crippen LogP contribution < -0.4 is 0 Å². The molecule has 2 unspecified atom stereocenters. The van der Waals surface area contributed by atoms with E-state index in [0.29, 0.717) is 18.6 Å². The van der Waals surface area contributed by atoms with Gasteiger partial charge in [0.2, 0.25) is 0 Å². The van der Waals surface area contributed by atoms with E-state index in [-0.39, 0.29) is 0 Å². The normalized spacial score (nSPS) is 25.4. The first kappa shape index (κ1) is 10.1. The largest absolute Gasteiger partial charge is 0.396 e. The minimum Gasteiger partial charge on any atom is -0.396 e. The van der Waals surface area contributed by atoms with Crippen LogP contribution in [0, 0.1) is 5.92 Å². The van der Waals surface area contributed by atoms with Gasteiger partial charge in [0.15, 0.2) is 0 Å². The third kappa shape index (κ3) is 2.00. The maximum atomic E-state index is 9.07. The van der Waals surface area contributed by atoms with Gasteiger partial charge < -0.3 is 5.11 Å². The van der Waals surface area contributed by atoms with Crippen molar-refractivity contribution < 1.29 is 5.11 Å². The van der Waals surface area contributed by atoms with Crippen molar-refractivity contribution in [3.63, 3.8) is 0 Å². The molecule has 0 saturated carbocycles. The highest BCUT2D eigenvalue weighted by Gasteiger charge is 2.26. The van der Waals surface area contributed by atoms with E-state index in [1.54, 1.807) is 0 Å². The van der Waals surface area contributed by atoms with Gasteiger partial charge in [0.1, 0.15) is 0 Å². The zero-order valence-electron chi connectivity index (χ0n) is 8.52. The van der Waals surface area contributed by atoms with E-state index in [1.807, 2.05) is 11.3 Å². The van der Waals surface area contributed by atoms with Gasteiger partial charge in [-0.15, -0.1) is 11.3 Å². The maximum absolute atomic E-state index is 9.07. The summed E-state index contributed by atoms with van der Waals surface area (Å²) >= 11 is 1.82. The Morgan fingerprint density at radius 1 is 1.71 bits per heavy atom. The topological polar surface area (TPSA) is 23.5 Å². The fraction of sp³-hybridized carbons (Fsp3) is 0.636. The molecule has 0 amide bonds. The Hall–Kier alpha value is -0.380. The number of hydrogen-bond acceptors (Lipinski definition) is 3. The molecule has 2 nitrogen and oxygen atoms in total. The summed E-state index contributed by atoms with van der Waals surface area (Å²) in [4.78, 5) is 3.90. The summed E-state index contributed by atoms with van der Waals surface area (Å²) in [6.07, 6.45) is 1.15. The van der Waals surface area contributed by atoms with Crippen LogP contribution in [0.15, 0.2) is 17.5 Å². The summed E-state index contributed by atoms with van der Waals surface area (Å²) in [6, 6.07) is 4.82. The van der Waals surface area contributed by atoms with Crippen molar-refractivity contribution in [2.75, 3.05) is 19.7 Å². The molecule has 2 rings (SSSR count). The summed E-state index contributed by atoms with van der Waals surface area (Å²) < 4.78 is 0. The molecule has 1 fully saturated rings. The lowest BCUT2D eigenvalue weighted by atomic mass is 10.1. The number of aliphatic hydroxyl groups is 1. The van der Waals surface area contributed by atoms with E-state index in [2.05, 4.69) is 29.3 Å². The number of hydrogen-bond donors (Lipinski definition) is 1. The van der Waals surface area contributed by atoms with E-state index >= 15 is 0 Å². The van der Waals surface area contributed by atoms with Crippen LogP contribution in [0.4, 0.5) is 0 Å². The standard InChI is InChI=1S/C11H17NOS/c1-9(11-3-2-6-14-11)12-5-4-10(7-12)8-13/h2-3,6,9-10,13H,4-5,7-8H2,1H3. The molecule has 1 aliphatic rings. The van der Waals surface area contributed by atoms with Crippen molar-refractivity contribution in [2.45, 2.75) is 19.4 Å². The number of thiophene rings is 1. The Balaban J connectivity index is 1.97. The summed E-state index contributed by atoms with van der Waals surface area (Å²) in [5, 5.41) is 11.2. The zero-order valence-corrected chi connectivity index (χ0v) is 9.33. The van der Waals surface area contributed by atoms with Crippen LogP contribution in [0.2, 0.25) is 0 Å². The second-order valence-corrected chi connectivity index (χ2v) is 5.00. The van der Waals surface area contributed by atoms with Crippen molar-refractivity contribution in [3.8, 4) is 0 Å². The molecule has 0 radical (unpaired) electrons. The summed E-state index contributed by atoms with van der Waals surface area (Å²) in [5.74, 6) is 0.498.